The van der Waals surface area contributed by atoms with Crippen molar-refractivity contribution in [2.75, 3.05) is 0 Å². The minimum Gasteiger partial charge on any atom is -0.258 e. The Labute approximate surface area is 120 Å². The molecule has 13 heteroatoms. The fourth-order valence-corrected chi connectivity index (χ4v) is 2.28. The van der Waals surface area contributed by atoms with Crippen LogP contribution in [-0.4, -0.2) is 28.3 Å². The average molecular weight is 337 g/mol. The van der Waals surface area contributed by atoms with Crippen LogP contribution < -0.4 is 5.14 Å². The number of rotatable bonds is 3. The Bertz CT molecular complexity index is 845. The first-order chi connectivity index (χ1) is 10.00. The molecule has 0 aliphatic heterocycles. The predicted molar refractivity (Wildman–Crippen MR) is 64.4 cm³/mol. The number of halogens is 3. The maximum atomic E-state index is 12.5. The standard InChI is InChI=1S/C9H6F3N5O4S/c10-9(11,12)8-4-16(15-14-8)6-2-1-5(17(18)19)3-7(6)22(13,20)21/h1-4H,(H2,13,20,21). The highest BCUT2D eigenvalue weighted by Gasteiger charge is 2.35. The first-order valence-electron chi connectivity index (χ1n) is 5.31. The maximum Gasteiger partial charge on any atom is 0.436 e. The molecule has 0 unspecified atom stereocenters. The van der Waals surface area contributed by atoms with Crippen molar-refractivity contribution in [3.63, 3.8) is 0 Å². The number of primary sulfonamides is 1. The molecule has 2 aromatic rings. The molecular formula is C9H6F3N5O4S. The summed E-state index contributed by atoms with van der Waals surface area (Å²) in [7, 11) is -4.44. The molecule has 1 heterocycles. The number of benzene rings is 1. The van der Waals surface area contributed by atoms with E-state index in [1.54, 1.807) is 0 Å². The monoisotopic (exact) mass is 337 g/mol. The van der Waals surface area contributed by atoms with E-state index in [1.165, 1.54) is 0 Å². The predicted octanol–water partition coefficient (Wildman–Crippen LogP) is 0.842. The molecule has 1 aromatic heterocycles. The van der Waals surface area contributed by atoms with Gasteiger partial charge in [0.05, 0.1) is 16.8 Å². The molecule has 118 valence electrons. The number of alkyl halides is 3. The number of hydrogen-bond acceptors (Lipinski definition) is 6. The molecule has 0 aliphatic carbocycles. The number of non-ortho nitro benzene ring substituents is 1. The minimum absolute atomic E-state index is 0.392. The van der Waals surface area contributed by atoms with Crippen LogP contribution in [0.5, 0.6) is 0 Å². The van der Waals surface area contributed by atoms with Crippen molar-refractivity contribution in [3.8, 4) is 5.69 Å². The molecule has 0 saturated heterocycles. The summed E-state index contributed by atoms with van der Waals surface area (Å²) in [6, 6.07) is 2.44. The summed E-state index contributed by atoms with van der Waals surface area (Å²) in [5.74, 6) is 0. The Morgan fingerprint density at radius 2 is 1.95 bits per heavy atom. The third kappa shape index (κ3) is 3.04. The Balaban J connectivity index is 2.65. The second-order valence-corrected chi connectivity index (χ2v) is 5.53. The molecule has 0 aliphatic rings. The fraction of sp³-hybridized carbons (Fsp3) is 0.111. The van der Waals surface area contributed by atoms with E-state index in [9.17, 15) is 31.7 Å². The van der Waals surface area contributed by atoms with Crippen molar-refractivity contribution in [1.29, 1.82) is 0 Å². The largest absolute Gasteiger partial charge is 0.436 e. The summed E-state index contributed by atoms with van der Waals surface area (Å²) >= 11 is 0. The molecule has 0 bridgehead atoms. The van der Waals surface area contributed by atoms with Crippen LogP contribution in [0.15, 0.2) is 29.3 Å². The molecule has 0 spiro atoms. The van der Waals surface area contributed by atoms with Gasteiger partial charge in [-0.1, -0.05) is 5.21 Å². The average Bonchev–Trinajstić information content (AvgIpc) is 2.86. The molecule has 9 nitrogen and oxygen atoms in total. The molecule has 0 atom stereocenters. The van der Waals surface area contributed by atoms with Gasteiger partial charge in [0.15, 0.2) is 5.69 Å². The second kappa shape index (κ2) is 5.03. The van der Waals surface area contributed by atoms with Gasteiger partial charge >= 0.3 is 6.18 Å². The van der Waals surface area contributed by atoms with Gasteiger partial charge < -0.3 is 0 Å². The van der Waals surface area contributed by atoms with E-state index in [0.717, 1.165) is 12.1 Å². The summed E-state index contributed by atoms with van der Waals surface area (Å²) < 4.78 is 60.9. The van der Waals surface area contributed by atoms with Gasteiger partial charge in [-0.25, -0.2) is 18.2 Å². The van der Waals surface area contributed by atoms with E-state index in [2.05, 4.69) is 10.3 Å². The van der Waals surface area contributed by atoms with E-state index < -0.39 is 43.1 Å². The van der Waals surface area contributed by atoms with Crippen LogP contribution in [0.25, 0.3) is 5.69 Å². The van der Waals surface area contributed by atoms with Gasteiger partial charge in [-0.2, -0.15) is 13.2 Å². The van der Waals surface area contributed by atoms with E-state index in [1.807, 2.05) is 0 Å². The molecule has 2 N–H and O–H groups in total. The maximum absolute atomic E-state index is 12.5. The summed E-state index contributed by atoms with van der Waals surface area (Å²) in [5.41, 5.74) is -2.34. The first kappa shape index (κ1) is 15.8. The zero-order chi connectivity index (χ0) is 16.7. The quantitative estimate of drug-likeness (QED) is 0.651. The first-order valence-corrected chi connectivity index (χ1v) is 6.86. The van der Waals surface area contributed by atoms with E-state index in [0.29, 0.717) is 16.9 Å². The summed E-state index contributed by atoms with van der Waals surface area (Å²) in [5, 5.41) is 21.6. The summed E-state index contributed by atoms with van der Waals surface area (Å²) in [6.07, 6.45) is -4.34. The lowest BCUT2D eigenvalue weighted by Gasteiger charge is -2.06. The molecular weight excluding hydrogens is 331 g/mol. The van der Waals surface area contributed by atoms with Gasteiger partial charge in [0.2, 0.25) is 10.0 Å². The lowest BCUT2D eigenvalue weighted by atomic mass is 10.3. The van der Waals surface area contributed by atoms with Crippen LogP contribution in [0.3, 0.4) is 0 Å². The lowest BCUT2D eigenvalue weighted by molar-refractivity contribution is -0.385. The normalized spacial score (nSPS) is 12.4. The number of nitrogens with zero attached hydrogens (tertiary/aromatic N) is 4. The highest BCUT2D eigenvalue weighted by molar-refractivity contribution is 7.89. The third-order valence-corrected chi connectivity index (χ3v) is 3.43. The van der Waals surface area contributed by atoms with Crippen LogP contribution in [0.4, 0.5) is 18.9 Å². The Hall–Kier alpha value is -2.54. The van der Waals surface area contributed by atoms with Crippen LogP contribution in [-0.2, 0) is 16.2 Å². The topological polar surface area (TPSA) is 134 Å². The smallest absolute Gasteiger partial charge is 0.258 e. The fourth-order valence-electron chi connectivity index (χ4n) is 1.54. The Morgan fingerprint density at radius 3 is 2.41 bits per heavy atom. The second-order valence-electron chi connectivity index (χ2n) is 4.00. The zero-order valence-corrected chi connectivity index (χ0v) is 11.2. The molecule has 0 saturated carbocycles. The van der Waals surface area contributed by atoms with Crippen LogP contribution in [0, 0.1) is 10.1 Å². The number of nitro groups is 1. The number of sulfonamides is 1. The van der Waals surface area contributed by atoms with E-state index >= 15 is 0 Å². The SMILES string of the molecule is NS(=O)(=O)c1cc([N+](=O)[O-])ccc1-n1cc(C(F)(F)F)nn1. The van der Waals surface area contributed by atoms with Crippen LogP contribution in [0.2, 0.25) is 0 Å². The summed E-state index contributed by atoms with van der Waals surface area (Å²) in [4.78, 5) is 9.03. The van der Waals surface area contributed by atoms with Crippen molar-refractivity contribution in [2.24, 2.45) is 5.14 Å². The van der Waals surface area contributed by atoms with Crippen molar-refractivity contribution in [3.05, 3.63) is 40.2 Å². The number of nitrogens with two attached hydrogens (primary N) is 1. The van der Waals surface area contributed by atoms with Gasteiger partial charge in [-0.3, -0.25) is 10.1 Å². The third-order valence-electron chi connectivity index (χ3n) is 2.49. The van der Waals surface area contributed by atoms with Gasteiger partial charge in [-0.05, 0) is 6.07 Å². The zero-order valence-electron chi connectivity index (χ0n) is 10.4. The van der Waals surface area contributed by atoms with Crippen molar-refractivity contribution >= 4 is 15.7 Å². The summed E-state index contributed by atoms with van der Waals surface area (Å²) in [6.45, 7) is 0. The van der Waals surface area contributed by atoms with Gasteiger partial charge in [0, 0.05) is 12.1 Å². The number of aromatic nitrogens is 3. The Kier molecular flexibility index (Phi) is 3.62. The molecule has 0 fully saturated rings. The van der Waals surface area contributed by atoms with Crippen molar-refractivity contribution in [1.82, 2.24) is 15.0 Å². The van der Waals surface area contributed by atoms with Crippen LogP contribution in [0.1, 0.15) is 5.69 Å². The Morgan fingerprint density at radius 1 is 1.32 bits per heavy atom. The molecule has 0 amide bonds. The van der Waals surface area contributed by atoms with Crippen LogP contribution >= 0.6 is 0 Å². The minimum atomic E-state index is -4.78. The van der Waals surface area contributed by atoms with Crippen molar-refractivity contribution < 1.29 is 26.5 Å². The van der Waals surface area contributed by atoms with Gasteiger partial charge in [-0.15, -0.1) is 5.10 Å². The molecule has 22 heavy (non-hydrogen) atoms. The van der Waals surface area contributed by atoms with E-state index in [-0.39, 0.29) is 0 Å². The molecule has 2 rings (SSSR count). The van der Waals surface area contributed by atoms with Gasteiger partial charge in [0.25, 0.3) is 5.69 Å². The van der Waals surface area contributed by atoms with Gasteiger partial charge in [0.1, 0.15) is 4.90 Å². The lowest BCUT2D eigenvalue weighted by Crippen LogP contribution is -2.16. The highest BCUT2D eigenvalue weighted by atomic mass is 32.2. The number of hydrogen-bond donors (Lipinski definition) is 1. The van der Waals surface area contributed by atoms with Crippen molar-refractivity contribution in [2.45, 2.75) is 11.1 Å². The number of nitro benzene ring substituents is 1. The van der Waals surface area contributed by atoms with E-state index in [4.69, 9.17) is 5.14 Å². The highest BCUT2D eigenvalue weighted by Crippen LogP contribution is 2.29. The molecule has 0 radical (unpaired) electrons. The molecule has 1 aromatic carbocycles.